The molecule has 0 unspecified atom stereocenters. The van der Waals surface area contributed by atoms with E-state index in [4.69, 9.17) is 9.47 Å². The number of nitrogens with one attached hydrogen (secondary N) is 2. The number of ether oxygens (including phenoxy) is 2. The van der Waals surface area contributed by atoms with Crippen molar-refractivity contribution in [3.05, 3.63) is 106 Å². The third kappa shape index (κ3) is 6.41. The standard InChI is InChI=1S/C40H42N4O7/c1-23(45)51-39(2,3)38(49)43-40-20-25-17-27(21-40)32(28(18-25)22-40)42-36(47)26-14-12-24(13-15-26)19-31-33(37(48)50-4)44(29-9-6-5-7-10-29)35-30(34(31)46)11-8-16-41-35/h5-16,25,27-28,32H,17-22H2,1-4H3,(H,42,47)(H,43,49)/t25-,27-,28+,32-,40+. The van der Waals surface area contributed by atoms with E-state index in [1.54, 1.807) is 48.9 Å². The molecule has 2 N–H and O–H groups in total. The third-order valence-corrected chi connectivity index (χ3v) is 10.9. The molecule has 2 heterocycles. The van der Waals surface area contributed by atoms with Crippen LogP contribution in [0.2, 0.25) is 0 Å². The topological polar surface area (TPSA) is 146 Å². The van der Waals surface area contributed by atoms with E-state index in [0.29, 0.717) is 28.2 Å². The van der Waals surface area contributed by atoms with Crippen LogP contribution in [-0.2, 0) is 25.5 Å². The summed E-state index contributed by atoms with van der Waals surface area (Å²) in [6.07, 6.45) is 6.13. The molecule has 4 aromatic rings. The molecule has 4 fully saturated rings. The smallest absolute Gasteiger partial charge is 0.355 e. The maximum Gasteiger partial charge on any atom is 0.355 e. The quantitative estimate of drug-likeness (QED) is 0.236. The van der Waals surface area contributed by atoms with Gasteiger partial charge in [0.05, 0.1) is 12.5 Å². The highest BCUT2D eigenvalue weighted by Crippen LogP contribution is 2.56. The van der Waals surface area contributed by atoms with Gasteiger partial charge in [-0.05, 0) is 106 Å². The van der Waals surface area contributed by atoms with E-state index in [-0.39, 0.29) is 58.3 Å². The van der Waals surface area contributed by atoms with Gasteiger partial charge in [0.2, 0.25) is 0 Å². The molecule has 11 nitrogen and oxygen atoms in total. The van der Waals surface area contributed by atoms with Crippen molar-refractivity contribution in [3.8, 4) is 5.69 Å². The molecule has 0 radical (unpaired) electrons. The van der Waals surface area contributed by atoms with Gasteiger partial charge in [0, 0.05) is 47.9 Å². The summed E-state index contributed by atoms with van der Waals surface area (Å²) >= 11 is 0. The van der Waals surface area contributed by atoms with Gasteiger partial charge in [0.15, 0.2) is 11.0 Å². The van der Waals surface area contributed by atoms with Crippen LogP contribution in [0.4, 0.5) is 0 Å². The number of nitrogens with zero attached hydrogens (tertiary/aromatic N) is 2. The molecule has 5 atom stereocenters. The van der Waals surface area contributed by atoms with E-state index in [9.17, 15) is 24.0 Å². The Morgan fingerprint density at radius 3 is 2.27 bits per heavy atom. The predicted molar refractivity (Wildman–Crippen MR) is 189 cm³/mol. The molecule has 264 valence electrons. The van der Waals surface area contributed by atoms with E-state index in [1.165, 1.54) is 14.0 Å². The Morgan fingerprint density at radius 1 is 0.941 bits per heavy atom. The number of esters is 2. The van der Waals surface area contributed by atoms with Crippen LogP contribution in [-0.4, -0.2) is 57.6 Å². The van der Waals surface area contributed by atoms with Gasteiger partial charge < -0.3 is 20.1 Å². The van der Waals surface area contributed by atoms with E-state index >= 15 is 0 Å². The van der Waals surface area contributed by atoms with Crippen molar-refractivity contribution in [2.45, 2.75) is 76.5 Å². The zero-order valence-electron chi connectivity index (χ0n) is 29.2. The largest absolute Gasteiger partial charge is 0.464 e. The molecule has 51 heavy (non-hydrogen) atoms. The Morgan fingerprint density at radius 2 is 1.63 bits per heavy atom. The fourth-order valence-corrected chi connectivity index (χ4v) is 8.99. The Kier molecular flexibility index (Phi) is 8.77. The summed E-state index contributed by atoms with van der Waals surface area (Å²) in [6, 6.07) is 19.7. The van der Waals surface area contributed by atoms with Gasteiger partial charge in [0.1, 0.15) is 11.3 Å². The normalized spacial score (nSPS) is 23.5. The van der Waals surface area contributed by atoms with Crippen molar-refractivity contribution >= 4 is 34.8 Å². The van der Waals surface area contributed by atoms with Crippen LogP contribution in [0.25, 0.3) is 16.7 Å². The van der Waals surface area contributed by atoms with Crippen LogP contribution in [0.1, 0.15) is 84.8 Å². The van der Waals surface area contributed by atoms with Gasteiger partial charge in [-0.1, -0.05) is 30.3 Å². The van der Waals surface area contributed by atoms with Crippen LogP contribution >= 0.6 is 0 Å². The molecule has 4 bridgehead atoms. The average molecular weight is 691 g/mol. The molecule has 11 heteroatoms. The first-order valence-corrected chi connectivity index (χ1v) is 17.5. The first-order chi connectivity index (χ1) is 24.4. The number of amides is 2. The number of methoxy groups -OCH3 is 1. The van der Waals surface area contributed by atoms with Crippen molar-refractivity contribution in [1.82, 2.24) is 20.2 Å². The predicted octanol–water partition coefficient (Wildman–Crippen LogP) is 4.90. The average Bonchev–Trinajstić information content (AvgIpc) is 3.10. The van der Waals surface area contributed by atoms with Crippen molar-refractivity contribution in [3.63, 3.8) is 0 Å². The SMILES string of the molecule is COC(=O)c1c(Cc2ccc(C(=O)N[C@@H]3[C@@H]4C[C@@H]5C[C@H]3C[C@](NC(=O)C(C)(C)OC(C)=O)(C5)C4)cc2)c(=O)c2cccnc2n1-c1ccccc1. The number of benzene rings is 2. The Bertz CT molecular complexity index is 2070. The first kappa shape index (κ1) is 34.1. The van der Waals surface area contributed by atoms with Crippen LogP contribution in [0, 0.1) is 17.8 Å². The minimum absolute atomic E-state index is 0.00879. The lowest BCUT2D eigenvalue weighted by Gasteiger charge is -2.60. The highest BCUT2D eigenvalue weighted by atomic mass is 16.6. The van der Waals surface area contributed by atoms with Gasteiger partial charge in [-0.15, -0.1) is 0 Å². The minimum atomic E-state index is -1.26. The summed E-state index contributed by atoms with van der Waals surface area (Å²) in [7, 11) is 1.29. The van der Waals surface area contributed by atoms with Crippen molar-refractivity contribution in [1.29, 1.82) is 0 Å². The number of hydrogen-bond donors (Lipinski definition) is 2. The number of hydrogen-bond acceptors (Lipinski definition) is 8. The van der Waals surface area contributed by atoms with E-state index in [2.05, 4.69) is 15.6 Å². The van der Waals surface area contributed by atoms with Crippen LogP contribution < -0.4 is 16.1 Å². The second kappa shape index (κ2) is 13.1. The lowest BCUT2D eigenvalue weighted by atomic mass is 9.51. The lowest BCUT2D eigenvalue weighted by molar-refractivity contribution is -0.165. The third-order valence-electron chi connectivity index (χ3n) is 10.9. The number of fused-ring (bicyclic) bond motifs is 1. The molecule has 0 spiro atoms. The molecular formula is C40H42N4O7. The summed E-state index contributed by atoms with van der Waals surface area (Å²) in [4.78, 5) is 70.1. The molecular weight excluding hydrogens is 648 g/mol. The Hall–Kier alpha value is -5.32. The summed E-state index contributed by atoms with van der Waals surface area (Å²) in [5.41, 5.74) is 0.707. The Labute approximate surface area is 295 Å². The molecule has 2 aromatic carbocycles. The summed E-state index contributed by atoms with van der Waals surface area (Å²) in [6.45, 7) is 4.51. The zero-order valence-corrected chi connectivity index (χ0v) is 29.2. The van der Waals surface area contributed by atoms with E-state index in [0.717, 1.165) is 37.7 Å². The number of aromatic nitrogens is 2. The summed E-state index contributed by atoms with van der Waals surface area (Å²) < 4.78 is 12.1. The van der Waals surface area contributed by atoms with Gasteiger partial charge in [0.25, 0.3) is 11.8 Å². The van der Waals surface area contributed by atoms with Gasteiger partial charge in [-0.3, -0.25) is 23.7 Å². The highest BCUT2D eigenvalue weighted by Gasteiger charge is 2.57. The summed E-state index contributed by atoms with van der Waals surface area (Å²) in [5.74, 6) is -0.700. The van der Waals surface area contributed by atoms with E-state index in [1.807, 2.05) is 42.5 Å². The lowest BCUT2D eigenvalue weighted by Crippen LogP contribution is -2.68. The number of para-hydroxylation sites is 1. The molecule has 2 aromatic heterocycles. The van der Waals surface area contributed by atoms with Gasteiger partial charge >= 0.3 is 11.9 Å². The maximum absolute atomic E-state index is 13.9. The zero-order chi connectivity index (χ0) is 36.1. The molecule has 0 aliphatic heterocycles. The second-order valence-electron chi connectivity index (χ2n) is 14.9. The molecule has 4 saturated carbocycles. The fourth-order valence-electron chi connectivity index (χ4n) is 8.99. The number of carbonyl (C=O) groups is 4. The van der Waals surface area contributed by atoms with E-state index < -0.39 is 17.5 Å². The number of rotatable bonds is 9. The van der Waals surface area contributed by atoms with Crippen LogP contribution in [0.15, 0.2) is 77.7 Å². The maximum atomic E-state index is 13.9. The van der Waals surface area contributed by atoms with Crippen molar-refractivity contribution in [2.24, 2.45) is 17.8 Å². The summed E-state index contributed by atoms with van der Waals surface area (Å²) in [5, 5.41) is 6.96. The fraction of sp³-hybridized carbons (Fsp3) is 0.400. The van der Waals surface area contributed by atoms with Gasteiger partial charge in [-0.2, -0.15) is 0 Å². The minimum Gasteiger partial charge on any atom is -0.464 e. The molecule has 0 saturated heterocycles. The molecule has 4 aliphatic carbocycles. The van der Waals surface area contributed by atoms with Crippen molar-refractivity contribution < 1.29 is 28.7 Å². The molecule has 2 amide bonds. The first-order valence-electron chi connectivity index (χ1n) is 17.5. The number of pyridine rings is 2. The van der Waals surface area contributed by atoms with Crippen molar-refractivity contribution in [2.75, 3.05) is 7.11 Å². The van der Waals surface area contributed by atoms with Gasteiger partial charge in [-0.25, -0.2) is 9.78 Å². The monoisotopic (exact) mass is 690 g/mol. The Balaban J connectivity index is 1.10. The second-order valence-corrected chi connectivity index (χ2v) is 14.9. The molecule has 8 rings (SSSR count). The van der Waals surface area contributed by atoms with Crippen LogP contribution in [0.5, 0.6) is 0 Å². The highest BCUT2D eigenvalue weighted by molar-refractivity contribution is 5.95. The number of carbonyl (C=O) groups excluding carboxylic acids is 4. The van der Waals surface area contributed by atoms with Crippen LogP contribution in [0.3, 0.4) is 0 Å². The molecule has 4 aliphatic rings.